The van der Waals surface area contributed by atoms with E-state index in [0.717, 1.165) is 4.64 Å². The van der Waals surface area contributed by atoms with Crippen molar-refractivity contribution >= 4 is 23.8 Å². The van der Waals surface area contributed by atoms with Crippen LogP contribution in [0.2, 0.25) is 5.02 Å². The Labute approximate surface area is 98.2 Å². The normalized spacial score (nSPS) is 8.87. The highest BCUT2D eigenvalue weighted by atomic mass is 35.5. The van der Waals surface area contributed by atoms with Gasteiger partial charge in [-0.3, -0.25) is 0 Å². The van der Waals surface area contributed by atoms with Gasteiger partial charge in [-0.15, -0.1) is 0 Å². The first-order valence-corrected chi connectivity index (χ1v) is 5.06. The van der Waals surface area contributed by atoms with Gasteiger partial charge in [0.05, 0.1) is 5.02 Å². The molecule has 0 atom stereocenters. The van der Waals surface area contributed by atoms with Crippen molar-refractivity contribution in [2.24, 2.45) is 0 Å². The fraction of sp³-hybridized carbons (Fsp3) is 0. The number of phenolic OH excluding ortho intramolecular Hbond substituents is 1. The van der Waals surface area contributed by atoms with Gasteiger partial charge < -0.3 is 10.1 Å². The number of rotatable bonds is 0. The molecule has 0 spiro atoms. The van der Waals surface area contributed by atoms with Gasteiger partial charge >= 0.3 is 0 Å². The van der Waals surface area contributed by atoms with Crippen molar-refractivity contribution < 1.29 is 5.11 Å². The maximum atomic E-state index is 8.79. The largest absolute Gasteiger partial charge is 0.506 e. The van der Waals surface area contributed by atoms with Crippen LogP contribution in [0.5, 0.6) is 5.75 Å². The molecule has 0 aliphatic rings. The van der Waals surface area contributed by atoms with Crippen LogP contribution in [-0.2, 0) is 0 Å². The van der Waals surface area contributed by atoms with E-state index in [9.17, 15) is 0 Å². The van der Waals surface area contributed by atoms with Gasteiger partial charge in [0.2, 0.25) is 0 Å². The summed E-state index contributed by atoms with van der Waals surface area (Å²) in [4.78, 5) is 2.85. The number of aromatic hydroxyl groups is 1. The first kappa shape index (κ1) is 11.8. The van der Waals surface area contributed by atoms with Crippen LogP contribution < -0.4 is 0 Å². The summed E-state index contributed by atoms with van der Waals surface area (Å²) in [6, 6.07) is 12.3. The lowest BCUT2D eigenvalue weighted by Crippen LogP contribution is -1.64. The Morgan fingerprint density at radius 3 is 2.07 bits per heavy atom. The van der Waals surface area contributed by atoms with Gasteiger partial charge in [-0.1, -0.05) is 42.0 Å². The smallest absolute Gasteiger partial charge is 0.134 e. The van der Waals surface area contributed by atoms with Crippen LogP contribution in [-0.4, -0.2) is 10.1 Å². The van der Waals surface area contributed by atoms with E-state index in [1.54, 1.807) is 24.3 Å². The molecule has 78 valence electrons. The van der Waals surface area contributed by atoms with Crippen LogP contribution in [0, 0.1) is 4.64 Å². The van der Waals surface area contributed by atoms with Gasteiger partial charge in [-0.25, -0.2) is 0 Å². The Morgan fingerprint density at radius 1 is 1.07 bits per heavy atom. The number of benzene rings is 1. The molecule has 15 heavy (non-hydrogen) atoms. The van der Waals surface area contributed by atoms with E-state index in [-0.39, 0.29) is 5.75 Å². The zero-order chi connectivity index (χ0) is 11.1. The van der Waals surface area contributed by atoms with Crippen molar-refractivity contribution in [1.29, 1.82) is 0 Å². The number of halogens is 1. The first-order valence-electron chi connectivity index (χ1n) is 4.27. The number of pyridine rings is 1. The predicted molar refractivity (Wildman–Crippen MR) is 64.7 cm³/mol. The van der Waals surface area contributed by atoms with E-state index in [4.69, 9.17) is 28.9 Å². The standard InChI is InChI=1S/C6H5ClO.C5H5NS/c7-5-3-1-2-4-6(5)8;7-5-3-1-2-4-6-5/h1-4,8H;1-4H,(H,6,7). The fourth-order valence-electron chi connectivity index (χ4n) is 0.829. The second-order valence-electron chi connectivity index (χ2n) is 2.68. The van der Waals surface area contributed by atoms with Gasteiger partial charge in [0, 0.05) is 6.20 Å². The monoisotopic (exact) mass is 239 g/mol. The third-order valence-corrected chi connectivity index (χ3v) is 2.11. The minimum Gasteiger partial charge on any atom is -0.506 e. The van der Waals surface area contributed by atoms with Crippen molar-refractivity contribution in [2.75, 3.05) is 0 Å². The molecule has 2 aromatic rings. The molecule has 0 aliphatic carbocycles. The second kappa shape index (κ2) is 6.22. The number of para-hydroxylation sites is 1. The molecule has 4 heteroatoms. The van der Waals surface area contributed by atoms with E-state index in [2.05, 4.69) is 4.98 Å². The van der Waals surface area contributed by atoms with Crippen molar-refractivity contribution in [3.8, 4) is 5.75 Å². The molecule has 0 saturated heterocycles. The number of nitrogens with one attached hydrogen (secondary N) is 1. The average Bonchev–Trinajstić information content (AvgIpc) is 2.25. The number of hydrogen-bond donors (Lipinski definition) is 2. The maximum Gasteiger partial charge on any atom is 0.134 e. The molecule has 2 nitrogen and oxygen atoms in total. The van der Waals surface area contributed by atoms with E-state index in [1.807, 2.05) is 24.4 Å². The molecule has 0 saturated carbocycles. The van der Waals surface area contributed by atoms with Crippen LogP contribution in [0.25, 0.3) is 0 Å². The Hall–Kier alpha value is -1.32. The summed E-state index contributed by atoms with van der Waals surface area (Å²) >= 11 is 10.2. The molecule has 0 fully saturated rings. The Morgan fingerprint density at radius 2 is 1.73 bits per heavy atom. The lowest BCUT2D eigenvalue weighted by molar-refractivity contribution is 0.475. The maximum absolute atomic E-state index is 8.79. The second-order valence-corrected chi connectivity index (χ2v) is 3.53. The summed E-state index contributed by atoms with van der Waals surface area (Å²) in [5, 5.41) is 9.18. The highest BCUT2D eigenvalue weighted by molar-refractivity contribution is 7.71. The molecular formula is C11H10ClNOS. The van der Waals surface area contributed by atoms with Crippen LogP contribution in [0.4, 0.5) is 0 Å². The molecule has 0 amide bonds. The van der Waals surface area contributed by atoms with Crippen molar-refractivity contribution in [3.05, 3.63) is 58.3 Å². The summed E-state index contributed by atoms with van der Waals surface area (Å²) < 4.78 is 0.780. The zero-order valence-electron chi connectivity index (χ0n) is 7.85. The summed E-state index contributed by atoms with van der Waals surface area (Å²) in [6.07, 6.45) is 1.81. The molecule has 0 radical (unpaired) electrons. The van der Waals surface area contributed by atoms with Crippen molar-refractivity contribution in [2.45, 2.75) is 0 Å². The lowest BCUT2D eigenvalue weighted by atomic mass is 10.3. The Bertz CT molecular complexity index is 431. The Balaban J connectivity index is 0.000000151. The minimum absolute atomic E-state index is 0.133. The van der Waals surface area contributed by atoms with E-state index < -0.39 is 0 Å². The molecule has 1 aromatic heterocycles. The number of H-pyrrole nitrogens is 1. The molecule has 2 N–H and O–H groups in total. The van der Waals surface area contributed by atoms with Crippen molar-refractivity contribution in [1.82, 2.24) is 4.98 Å². The number of phenols is 1. The third kappa shape index (κ3) is 4.63. The average molecular weight is 240 g/mol. The lowest BCUT2D eigenvalue weighted by Gasteiger charge is -1.89. The topological polar surface area (TPSA) is 36.0 Å². The summed E-state index contributed by atoms with van der Waals surface area (Å²) in [7, 11) is 0. The van der Waals surface area contributed by atoms with Gasteiger partial charge in [0.1, 0.15) is 10.4 Å². The fourth-order valence-corrected chi connectivity index (χ4v) is 1.11. The molecule has 0 aliphatic heterocycles. The first-order chi connectivity index (χ1) is 7.20. The van der Waals surface area contributed by atoms with Crippen LogP contribution in [0.3, 0.4) is 0 Å². The van der Waals surface area contributed by atoms with E-state index >= 15 is 0 Å². The Kier molecular flexibility index (Phi) is 4.87. The summed E-state index contributed by atoms with van der Waals surface area (Å²) in [6.45, 7) is 0. The zero-order valence-corrected chi connectivity index (χ0v) is 9.42. The minimum atomic E-state index is 0.133. The third-order valence-electron chi connectivity index (χ3n) is 1.53. The van der Waals surface area contributed by atoms with Gasteiger partial charge in [-0.2, -0.15) is 0 Å². The molecule has 2 rings (SSSR count). The highest BCUT2D eigenvalue weighted by Crippen LogP contribution is 2.20. The summed E-state index contributed by atoms with van der Waals surface area (Å²) in [5.74, 6) is 0.133. The molecule has 1 aromatic carbocycles. The highest BCUT2D eigenvalue weighted by Gasteiger charge is 1.89. The number of aromatic nitrogens is 1. The van der Waals surface area contributed by atoms with Crippen LogP contribution in [0.15, 0.2) is 48.7 Å². The number of aromatic amines is 1. The van der Waals surface area contributed by atoms with E-state index in [1.165, 1.54) is 0 Å². The van der Waals surface area contributed by atoms with Crippen molar-refractivity contribution in [3.63, 3.8) is 0 Å². The molecule has 0 bridgehead atoms. The number of hydrogen-bond acceptors (Lipinski definition) is 2. The van der Waals surface area contributed by atoms with Crippen LogP contribution in [0.1, 0.15) is 0 Å². The van der Waals surface area contributed by atoms with E-state index in [0.29, 0.717) is 5.02 Å². The quantitative estimate of drug-likeness (QED) is 0.687. The SMILES string of the molecule is Oc1ccccc1Cl.S=c1cccc[nH]1. The molecular weight excluding hydrogens is 230 g/mol. The summed E-state index contributed by atoms with van der Waals surface area (Å²) in [5.41, 5.74) is 0. The van der Waals surface area contributed by atoms with Crippen LogP contribution >= 0.6 is 23.8 Å². The van der Waals surface area contributed by atoms with Gasteiger partial charge in [0.25, 0.3) is 0 Å². The van der Waals surface area contributed by atoms with Gasteiger partial charge in [0.15, 0.2) is 0 Å². The molecule has 0 unspecified atom stereocenters. The predicted octanol–water partition coefficient (Wildman–Crippen LogP) is 3.79. The van der Waals surface area contributed by atoms with Gasteiger partial charge in [-0.05, 0) is 24.3 Å². The molecule has 1 heterocycles.